The maximum absolute atomic E-state index is 12.9. The lowest BCUT2D eigenvalue weighted by atomic mass is 10.1. The molecule has 0 aliphatic rings. The topological polar surface area (TPSA) is 69.6 Å². The number of hydrogen-bond donors (Lipinski definition) is 3. The standard InChI is InChI=1S/C12H16FNO3/c1-7(5-8(2)15)14-12(17)10-6-9(13)3-4-11(10)16/h3-4,6-8,15-16H,5H2,1-2H3,(H,14,17). The molecular formula is C12H16FNO3. The van der Waals surface area contributed by atoms with Gasteiger partial charge in [-0.05, 0) is 38.5 Å². The molecule has 94 valence electrons. The van der Waals surface area contributed by atoms with Crippen molar-refractivity contribution in [1.82, 2.24) is 5.32 Å². The molecule has 1 aromatic carbocycles. The average Bonchev–Trinajstić information content (AvgIpc) is 2.20. The molecule has 0 radical (unpaired) electrons. The van der Waals surface area contributed by atoms with Gasteiger partial charge in [0, 0.05) is 6.04 Å². The number of halogens is 1. The van der Waals surface area contributed by atoms with Crippen LogP contribution in [0.2, 0.25) is 0 Å². The fourth-order valence-corrected chi connectivity index (χ4v) is 1.56. The van der Waals surface area contributed by atoms with E-state index in [-0.39, 0.29) is 17.4 Å². The van der Waals surface area contributed by atoms with Crippen LogP contribution >= 0.6 is 0 Å². The first-order chi connectivity index (χ1) is 7.90. The van der Waals surface area contributed by atoms with Gasteiger partial charge in [0.15, 0.2) is 0 Å². The fourth-order valence-electron chi connectivity index (χ4n) is 1.56. The molecule has 0 saturated carbocycles. The number of rotatable bonds is 4. The molecule has 0 heterocycles. The Morgan fingerprint density at radius 1 is 1.47 bits per heavy atom. The van der Waals surface area contributed by atoms with E-state index in [1.807, 2.05) is 0 Å². The molecule has 0 aliphatic carbocycles. The third kappa shape index (κ3) is 4.03. The summed E-state index contributed by atoms with van der Waals surface area (Å²) in [7, 11) is 0. The zero-order valence-electron chi connectivity index (χ0n) is 9.77. The number of phenols is 1. The second-order valence-electron chi connectivity index (χ2n) is 4.12. The maximum Gasteiger partial charge on any atom is 0.255 e. The Morgan fingerprint density at radius 3 is 2.71 bits per heavy atom. The van der Waals surface area contributed by atoms with E-state index in [2.05, 4.69) is 5.32 Å². The Labute approximate surface area is 99.1 Å². The number of aliphatic hydroxyl groups excluding tert-OH is 1. The summed E-state index contributed by atoms with van der Waals surface area (Å²) >= 11 is 0. The molecule has 1 rings (SSSR count). The van der Waals surface area contributed by atoms with Crippen molar-refractivity contribution < 1.29 is 19.4 Å². The lowest BCUT2D eigenvalue weighted by molar-refractivity contribution is 0.0920. The van der Waals surface area contributed by atoms with Crippen LogP contribution < -0.4 is 5.32 Å². The molecule has 3 N–H and O–H groups in total. The van der Waals surface area contributed by atoms with Gasteiger partial charge in [0.1, 0.15) is 11.6 Å². The van der Waals surface area contributed by atoms with Crippen LogP contribution in [-0.4, -0.2) is 28.3 Å². The van der Waals surface area contributed by atoms with Gasteiger partial charge in [0.2, 0.25) is 0 Å². The predicted molar refractivity (Wildman–Crippen MR) is 61.3 cm³/mol. The summed E-state index contributed by atoms with van der Waals surface area (Å²) in [6, 6.07) is 2.92. The van der Waals surface area contributed by atoms with Gasteiger partial charge in [-0.15, -0.1) is 0 Å². The third-order valence-electron chi connectivity index (χ3n) is 2.28. The average molecular weight is 241 g/mol. The van der Waals surface area contributed by atoms with E-state index in [1.165, 1.54) is 0 Å². The lowest BCUT2D eigenvalue weighted by Crippen LogP contribution is -2.34. The normalized spacial score (nSPS) is 14.1. The van der Waals surface area contributed by atoms with Crippen LogP contribution in [0.15, 0.2) is 18.2 Å². The number of carbonyl (C=O) groups is 1. The van der Waals surface area contributed by atoms with E-state index in [0.717, 1.165) is 18.2 Å². The molecule has 5 heteroatoms. The molecule has 0 aromatic heterocycles. The molecule has 0 saturated heterocycles. The van der Waals surface area contributed by atoms with Crippen LogP contribution in [0.5, 0.6) is 5.75 Å². The van der Waals surface area contributed by atoms with Crippen molar-refractivity contribution in [3.63, 3.8) is 0 Å². The third-order valence-corrected chi connectivity index (χ3v) is 2.28. The number of amides is 1. The van der Waals surface area contributed by atoms with Gasteiger partial charge >= 0.3 is 0 Å². The van der Waals surface area contributed by atoms with Crippen LogP contribution in [0.4, 0.5) is 4.39 Å². The summed E-state index contributed by atoms with van der Waals surface area (Å²) in [6.45, 7) is 3.34. The van der Waals surface area contributed by atoms with Crippen LogP contribution in [0, 0.1) is 5.82 Å². The predicted octanol–water partition coefficient (Wildman–Crippen LogP) is 1.42. The quantitative estimate of drug-likeness (QED) is 0.746. The van der Waals surface area contributed by atoms with Crippen LogP contribution in [-0.2, 0) is 0 Å². The smallest absolute Gasteiger partial charge is 0.255 e. The molecule has 1 aromatic rings. The molecule has 4 nitrogen and oxygen atoms in total. The fraction of sp³-hybridized carbons (Fsp3) is 0.417. The largest absolute Gasteiger partial charge is 0.507 e. The van der Waals surface area contributed by atoms with Crippen molar-refractivity contribution in [2.45, 2.75) is 32.4 Å². The van der Waals surface area contributed by atoms with Gasteiger partial charge in [0.25, 0.3) is 5.91 Å². The lowest BCUT2D eigenvalue weighted by Gasteiger charge is -2.15. The Hall–Kier alpha value is -1.62. The van der Waals surface area contributed by atoms with Crippen molar-refractivity contribution in [2.75, 3.05) is 0 Å². The zero-order valence-corrected chi connectivity index (χ0v) is 9.77. The highest BCUT2D eigenvalue weighted by Gasteiger charge is 2.15. The molecule has 0 bridgehead atoms. The summed E-state index contributed by atoms with van der Waals surface area (Å²) in [5, 5.41) is 21.1. The van der Waals surface area contributed by atoms with Gasteiger partial charge < -0.3 is 15.5 Å². The Bertz CT molecular complexity index is 407. The second kappa shape index (κ2) is 5.63. The highest BCUT2D eigenvalue weighted by molar-refractivity contribution is 5.96. The molecule has 0 aliphatic heterocycles. The first-order valence-electron chi connectivity index (χ1n) is 5.37. The molecule has 2 atom stereocenters. The molecule has 1 amide bonds. The number of aromatic hydroxyl groups is 1. The van der Waals surface area contributed by atoms with Crippen LogP contribution in [0.1, 0.15) is 30.6 Å². The van der Waals surface area contributed by atoms with Crippen LogP contribution in [0.3, 0.4) is 0 Å². The number of hydrogen-bond acceptors (Lipinski definition) is 3. The monoisotopic (exact) mass is 241 g/mol. The minimum Gasteiger partial charge on any atom is -0.507 e. The van der Waals surface area contributed by atoms with E-state index < -0.39 is 17.8 Å². The Morgan fingerprint density at radius 2 is 2.12 bits per heavy atom. The molecule has 17 heavy (non-hydrogen) atoms. The number of phenolic OH excluding ortho intramolecular Hbond substituents is 1. The van der Waals surface area contributed by atoms with Crippen LogP contribution in [0.25, 0.3) is 0 Å². The van der Waals surface area contributed by atoms with E-state index in [9.17, 15) is 14.3 Å². The highest BCUT2D eigenvalue weighted by Crippen LogP contribution is 2.17. The van der Waals surface area contributed by atoms with Gasteiger partial charge in [-0.25, -0.2) is 4.39 Å². The maximum atomic E-state index is 12.9. The van der Waals surface area contributed by atoms with E-state index >= 15 is 0 Å². The highest BCUT2D eigenvalue weighted by atomic mass is 19.1. The number of nitrogens with one attached hydrogen (secondary N) is 1. The second-order valence-corrected chi connectivity index (χ2v) is 4.12. The zero-order chi connectivity index (χ0) is 13.0. The minimum atomic E-state index is -0.587. The van der Waals surface area contributed by atoms with Gasteiger partial charge in [-0.1, -0.05) is 0 Å². The van der Waals surface area contributed by atoms with E-state index in [0.29, 0.717) is 6.42 Å². The summed E-state index contributed by atoms with van der Waals surface area (Å²) in [6.07, 6.45) is -0.145. The molecule has 2 unspecified atom stereocenters. The molecule has 0 fully saturated rings. The number of carbonyl (C=O) groups excluding carboxylic acids is 1. The Kier molecular flexibility index (Phi) is 4.45. The van der Waals surface area contributed by atoms with Crippen molar-refractivity contribution in [1.29, 1.82) is 0 Å². The molecule has 0 spiro atoms. The van der Waals surface area contributed by atoms with Crippen molar-refractivity contribution in [2.24, 2.45) is 0 Å². The first kappa shape index (κ1) is 13.4. The summed E-state index contributed by atoms with van der Waals surface area (Å²) in [5.74, 6) is -1.42. The van der Waals surface area contributed by atoms with Gasteiger partial charge in [0.05, 0.1) is 11.7 Å². The SMILES string of the molecule is CC(O)CC(C)NC(=O)c1cc(F)ccc1O. The van der Waals surface area contributed by atoms with Crippen molar-refractivity contribution >= 4 is 5.91 Å². The minimum absolute atomic E-state index is 0.109. The van der Waals surface area contributed by atoms with Crippen molar-refractivity contribution in [3.8, 4) is 5.75 Å². The van der Waals surface area contributed by atoms with Gasteiger partial charge in [-0.3, -0.25) is 4.79 Å². The summed E-state index contributed by atoms with van der Waals surface area (Å²) < 4.78 is 12.9. The summed E-state index contributed by atoms with van der Waals surface area (Å²) in [5.41, 5.74) is -0.109. The van der Waals surface area contributed by atoms with E-state index in [4.69, 9.17) is 5.11 Å². The van der Waals surface area contributed by atoms with Gasteiger partial charge in [-0.2, -0.15) is 0 Å². The number of aliphatic hydroxyl groups is 1. The summed E-state index contributed by atoms with van der Waals surface area (Å²) in [4.78, 5) is 11.7. The van der Waals surface area contributed by atoms with E-state index in [1.54, 1.807) is 13.8 Å². The van der Waals surface area contributed by atoms with Crippen molar-refractivity contribution in [3.05, 3.63) is 29.6 Å². The molecular weight excluding hydrogens is 225 g/mol. The Balaban J connectivity index is 2.73. The first-order valence-corrected chi connectivity index (χ1v) is 5.37. The number of benzene rings is 1.